The zero-order valence-corrected chi connectivity index (χ0v) is 16.6. The van der Waals surface area contributed by atoms with Crippen LogP contribution in [0.1, 0.15) is 58.8 Å². The summed E-state index contributed by atoms with van der Waals surface area (Å²) in [6, 6.07) is 0. The molecule has 0 amide bonds. The van der Waals surface area contributed by atoms with E-state index in [0.29, 0.717) is 0 Å². The average molecular weight is 346 g/mol. The second kappa shape index (κ2) is 19.9. The highest BCUT2D eigenvalue weighted by Crippen LogP contribution is 2.06. The Kier molecular flexibility index (Phi) is 18.9. The van der Waals surface area contributed by atoms with Gasteiger partial charge < -0.3 is 4.52 Å². The largest absolute Gasteiger partial charge is 0.358 e. The molecule has 0 bridgehead atoms. The third-order valence-electron chi connectivity index (χ3n) is 3.33. The topological polar surface area (TPSA) is 9.23 Å². The molecule has 0 saturated heterocycles. The van der Waals surface area contributed by atoms with Crippen LogP contribution in [0.4, 0.5) is 0 Å². The second-order valence-corrected chi connectivity index (χ2v) is 5.80. The van der Waals surface area contributed by atoms with Crippen LogP contribution in [-0.2, 0) is 4.52 Å². The summed E-state index contributed by atoms with van der Waals surface area (Å²) in [4.78, 5) is 0. The maximum atomic E-state index is 5.26. The molecule has 0 aromatic carbocycles. The van der Waals surface area contributed by atoms with E-state index in [1.165, 1.54) is 12.8 Å². The Bertz CT molecular complexity index is 427. The summed E-state index contributed by atoms with van der Waals surface area (Å²) in [7, 11) is 2.33. The van der Waals surface area contributed by atoms with Gasteiger partial charge in [-0.05, 0) is 45.4 Å². The SMILES string of the molecule is C/C=C/C(C/C=C\C/C=C\C/C=C\C/C=C\C/C=C\CCC)OP. The molecule has 0 radical (unpaired) electrons. The van der Waals surface area contributed by atoms with Crippen LogP contribution in [0.15, 0.2) is 72.9 Å². The molecule has 0 aromatic heterocycles. The molecule has 0 aliphatic rings. The molecule has 134 valence electrons. The monoisotopic (exact) mass is 346 g/mol. The zero-order valence-electron chi connectivity index (χ0n) is 15.4. The van der Waals surface area contributed by atoms with Gasteiger partial charge in [0.25, 0.3) is 0 Å². The third-order valence-corrected chi connectivity index (χ3v) is 3.68. The molecule has 0 heterocycles. The molecule has 1 nitrogen and oxygen atoms in total. The van der Waals surface area contributed by atoms with E-state index in [1.54, 1.807) is 0 Å². The van der Waals surface area contributed by atoms with Crippen LogP contribution >= 0.6 is 9.47 Å². The molecule has 0 saturated carbocycles. The lowest BCUT2D eigenvalue weighted by atomic mass is 10.2. The first kappa shape index (κ1) is 22.8. The van der Waals surface area contributed by atoms with E-state index in [2.05, 4.69) is 83.2 Å². The quantitative estimate of drug-likeness (QED) is 0.237. The lowest BCUT2D eigenvalue weighted by Crippen LogP contribution is -2.00. The highest BCUT2D eigenvalue weighted by atomic mass is 31.0. The van der Waals surface area contributed by atoms with Gasteiger partial charge in [-0.15, -0.1) is 0 Å². The van der Waals surface area contributed by atoms with Crippen molar-refractivity contribution in [2.75, 3.05) is 0 Å². The van der Waals surface area contributed by atoms with Crippen molar-refractivity contribution in [3.8, 4) is 0 Å². The number of unbranched alkanes of at least 4 members (excludes halogenated alkanes) is 1. The van der Waals surface area contributed by atoms with Crippen molar-refractivity contribution in [3.63, 3.8) is 0 Å². The minimum absolute atomic E-state index is 0.165. The average Bonchev–Trinajstić information content (AvgIpc) is 2.60. The van der Waals surface area contributed by atoms with Gasteiger partial charge >= 0.3 is 0 Å². The molecule has 2 atom stereocenters. The molecule has 2 heteroatoms. The van der Waals surface area contributed by atoms with Gasteiger partial charge in [-0.25, -0.2) is 0 Å². The van der Waals surface area contributed by atoms with Gasteiger partial charge in [0.1, 0.15) is 0 Å². The molecule has 0 aliphatic carbocycles. The Labute approximate surface area is 152 Å². The fraction of sp³-hybridized carbons (Fsp3) is 0.455. The van der Waals surface area contributed by atoms with Crippen molar-refractivity contribution < 1.29 is 4.52 Å². The van der Waals surface area contributed by atoms with E-state index in [0.717, 1.165) is 32.1 Å². The number of hydrogen-bond acceptors (Lipinski definition) is 1. The molecule has 0 N–H and O–H groups in total. The summed E-state index contributed by atoms with van der Waals surface area (Å²) in [6.07, 6.45) is 33.9. The molecule has 0 rings (SSSR count). The van der Waals surface area contributed by atoms with E-state index in [-0.39, 0.29) is 6.10 Å². The summed E-state index contributed by atoms with van der Waals surface area (Å²) < 4.78 is 5.26. The number of hydrogen-bond donors (Lipinski definition) is 0. The molecular weight excluding hydrogens is 311 g/mol. The maximum Gasteiger partial charge on any atom is 0.0825 e. The molecule has 0 aromatic rings. The van der Waals surface area contributed by atoms with E-state index >= 15 is 0 Å². The van der Waals surface area contributed by atoms with Crippen LogP contribution in [0.2, 0.25) is 0 Å². The molecule has 0 aliphatic heterocycles. The summed E-state index contributed by atoms with van der Waals surface area (Å²) in [5.74, 6) is 0. The fourth-order valence-corrected chi connectivity index (χ4v) is 2.19. The van der Waals surface area contributed by atoms with E-state index < -0.39 is 0 Å². The van der Waals surface area contributed by atoms with E-state index in [4.69, 9.17) is 4.52 Å². The second-order valence-electron chi connectivity index (χ2n) is 5.52. The Balaban J connectivity index is 3.62. The fourth-order valence-electron chi connectivity index (χ4n) is 1.99. The standard InChI is InChI=1S/C22H35OP/c1-3-5-6-7-8-9-10-11-12-13-14-15-16-17-18-19-21-22(23-24)20-4-2/h4,6-7,9-10,12-13,15-16,18-20,22H,3,5,8,11,14,17,21,24H2,1-2H3/b7-6-,10-9-,13-12-,16-15-,19-18-,20-4+. The Morgan fingerprint density at radius 2 is 1.21 bits per heavy atom. The van der Waals surface area contributed by atoms with Crippen molar-refractivity contribution in [1.82, 2.24) is 0 Å². The van der Waals surface area contributed by atoms with Crippen LogP contribution < -0.4 is 0 Å². The van der Waals surface area contributed by atoms with Gasteiger partial charge in [0.15, 0.2) is 0 Å². The Morgan fingerprint density at radius 3 is 1.62 bits per heavy atom. The Morgan fingerprint density at radius 1 is 0.750 bits per heavy atom. The first-order valence-electron chi connectivity index (χ1n) is 9.08. The molecule has 0 fully saturated rings. The minimum Gasteiger partial charge on any atom is -0.358 e. The number of allylic oxidation sites excluding steroid dienone is 10. The predicted molar refractivity (Wildman–Crippen MR) is 113 cm³/mol. The molecular formula is C22H35OP. The smallest absolute Gasteiger partial charge is 0.0825 e. The van der Waals surface area contributed by atoms with Crippen molar-refractivity contribution in [2.45, 2.75) is 64.9 Å². The minimum atomic E-state index is 0.165. The van der Waals surface area contributed by atoms with Gasteiger partial charge in [0.2, 0.25) is 0 Å². The Hall–Kier alpha value is -1.17. The first-order valence-corrected chi connectivity index (χ1v) is 9.55. The highest BCUT2D eigenvalue weighted by molar-refractivity contribution is 7.09. The van der Waals surface area contributed by atoms with Gasteiger partial charge in [-0.3, -0.25) is 0 Å². The van der Waals surface area contributed by atoms with Crippen LogP contribution in [0, 0.1) is 0 Å². The van der Waals surface area contributed by atoms with Gasteiger partial charge in [0, 0.05) is 9.47 Å². The summed E-state index contributed by atoms with van der Waals surface area (Å²) >= 11 is 0. The van der Waals surface area contributed by atoms with Gasteiger partial charge in [0.05, 0.1) is 6.10 Å². The summed E-state index contributed by atoms with van der Waals surface area (Å²) in [6.45, 7) is 4.22. The van der Waals surface area contributed by atoms with Crippen LogP contribution in [0.25, 0.3) is 0 Å². The summed E-state index contributed by atoms with van der Waals surface area (Å²) in [5.41, 5.74) is 0. The van der Waals surface area contributed by atoms with Crippen LogP contribution in [-0.4, -0.2) is 6.10 Å². The van der Waals surface area contributed by atoms with Crippen molar-refractivity contribution >= 4 is 9.47 Å². The molecule has 24 heavy (non-hydrogen) atoms. The van der Waals surface area contributed by atoms with Crippen LogP contribution in [0.3, 0.4) is 0 Å². The normalized spacial score (nSPS) is 14.6. The first-order chi connectivity index (χ1) is 11.8. The highest BCUT2D eigenvalue weighted by Gasteiger charge is 1.96. The van der Waals surface area contributed by atoms with E-state index in [9.17, 15) is 0 Å². The maximum absolute atomic E-state index is 5.26. The molecule has 0 spiro atoms. The predicted octanol–water partition coefficient (Wildman–Crippen LogP) is 7.27. The van der Waals surface area contributed by atoms with Gasteiger partial charge in [-0.1, -0.05) is 86.3 Å². The van der Waals surface area contributed by atoms with Crippen LogP contribution in [0.5, 0.6) is 0 Å². The molecule has 2 unspecified atom stereocenters. The van der Waals surface area contributed by atoms with Crippen molar-refractivity contribution in [1.29, 1.82) is 0 Å². The van der Waals surface area contributed by atoms with Crippen molar-refractivity contribution in [3.05, 3.63) is 72.9 Å². The van der Waals surface area contributed by atoms with E-state index in [1.807, 2.05) is 13.0 Å². The lowest BCUT2D eigenvalue weighted by Gasteiger charge is -2.05. The lowest BCUT2D eigenvalue weighted by molar-refractivity contribution is 0.298. The summed E-state index contributed by atoms with van der Waals surface area (Å²) in [5, 5.41) is 0. The van der Waals surface area contributed by atoms with Gasteiger partial charge in [-0.2, -0.15) is 0 Å². The third kappa shape index (κ3) is 17.2. The number of rotatable bonds is 14. The van der Waals surface area contributed by atoms with Crippen molar-refractivity contribution in [2.24, 2.45) is 0 Å². The zero-order chi connectivity index (χ0) is 17.7.